The highest BCUT2D eigenvalue weighted by Gasteiger charge is 2.33. The summed E-state index contributed by atoms with van der Waals surface area (Å²) in [5.41, 5.74) is 2.03. The largest absolute Gasteiger partial charge is 0.310 e. The highest BCUT2D eigenvalue weighted by atomic mass is 32.2. The number of hydrogen-bond donors (Lipinski definition) is 1. The summed E-state index contributed by atoms with van der Waals surface area (Å²) in [5, 5.41) is 0. The molecule has 1 aromatic carbocycles. The minimum absolute atomic E-state index is 0.0418. The van der Waals surface area contributed by atoms with E-state index in [2.05, 4.69) is 4.72 Å². The molecule has 0 saturated carbocycles. The molecule has 122 valence electrons. The second-order valence-electron chi connectivity index (χ2n) is 6.03. The zero-order valence-corrected chi connectivity index (χ0v) is 14.2. The van der Waals surface area contributed by atoms with Crippen molar-refractivity contribution in [3.8, 4) is 0 Å². The number of nitrogens with zero attached hydrogens (tertiary/aromatic N) is 1. The highest BCUT2D eigenvalue weighted by molar-refractivity contribution is 7.89. The van der Waals surface area contributed by atoms with E-state index in [4.69, 9.17) is 0 Å². The number of carbonyl (C=O) groups excluding carboxylic acids is 1. The Morgan fingerprint density at radius 2 is 2.00 bits per heavy atom. The van der Waals surface area contributed by atoms with Gasteiger partial charge in [0.25, 0.3) is 0 Å². The van der Waals surface area contributed by atoms with Crippen molar-refractivity contribution in [2.24, 2.45) is 5.92 Å². The van der Waals surface area contributed by atoms with Gasteiger partial charge in [0.15, 0.2) is 0 Å². The van der Waals surface area contributed by atoms with E-state index in [-0.39, 0.29) is 17.6 Å². The van der Waals surface area contributed by atoms with Gasteiger partial charge in [0, 0.05) is 12.2 Å². The average molecular weight is 324 g/mol. The lowest BCUT2D eigenvalue weighted by molar-refractivity contribution is -0.121. The fourth-order valence-electron chi connectivity index (χ4n) is 2.73. The molecule has 1 N–H and O–H groups in total. The summed E-state index contributed by atoms with van der Waals surface area (Å²) in [6.07, 6.45) is 1.34. The van der Waals surface area contributed by atoms with E-state index in [9.17, 15) is 13.2 Å². The molecular formula is C16H24N2O3S. The summed E-state index contributed by atoms with van der Waals surface area (Å²) in [6.45, 7) is 6.14. The van der Waals surface area contributed by atoms with Crippen molar-refractivity contribution < 1.29 is 13.2 Å². The number of carbonyl (C=O) groups is 1. The molecule has 1 amide bonds. The van der Waals surface area contributed by atoms with E-state index in [1.54, 1.807) is 4.90 Å². The van der Waals surface area contributed by atoms with Crippen LogP contribution in [0.5, 0.6) is 0 Å². The minimum Gasteiger partial charge on any atom is -0.310 e. The first kappa shape index (κ1) is 17.0. The van der Waals surface area contributed by atoms with E-state index >= 15 is 0 Å². The Bertz CT molecular complexity index is 641. The molecule has 5 nitrogen and oxygen atoms in total. The lowest BCUT2D eigenvalue weighted by Crippen LogP contribution is -2.51. The number of anilines is 1. The molecular weight excluding hydrogens is 300 g/mol. The van der Waals surface area contributed by atoms with Crippen LogP contribution in [0.3, 0.4) is 0 Å². The number of sulfonamides is 1. The van der Waals surface area contributed by atoms with Crippen LogP contribution in [0.1, 0.15) is 32.8 Å². The summed E-state index contributed by atoms with van der Waals surface area (Å²) in [7, 11) is -3.43. The molecule has 2 rings (SSSR count). The van der Waals surface area contributed by atoms with Crippen molar-refractivity contribution in [3.63, 3.8) is 0 Å². The predicted octanol–water partition coefficient (Wildman–Crippen LogP) is 1.93. The normalized spacial score (nSPS) is 15.9. The highest BCUT2D eigenvalue weighted by Crippen LogP contribution is 2.28. The van der Waals surface area contributed by atoms with E-state index < -0.39 is 16.1 Å². The lowest BCUT2D eigenvalue weighted by atomic mass is 10.0. The fraction of sp³-hybridized carbons (Fsp3) is 0.562. The third-order valence-electron chi connectivity index (χ3n) is 3.87. The molecule has 1 aliphatic rings. The monoisotopic (exact) mass is 324 g/mol. The molecule has 0 bridgehead atoms. The Hall–Kier alpha value is -1.40. The molecule has 0 spiro atoms. The van der Waals surface area contributed by atoms with Crippen molar-refractivity contribution >= 4 is 21.6 Å². The molecule has 0 unspecified atom stereocenters. The van der Waals surface area contributed by atoms with Gasteiger partial charge in [-0.15, -0.1) is 0 Å². The maximum Gasteiger partial charge on any atom is 0.245 e. The van der Waals surface area contributed by atoms with Crippen LogP contribution < -0.4 is 9.62 Å². The van der Waals surface area contributed by atoms with Crippen molar-refractivity contribution in [2.45, 2.75) is 39.7 Å². The minimum atomic E-state index is -3.43. The third-order valence-corrected chi connectivity index (χ3v) is 5.42. The molecule has 1 aromatic rings. The summed E-state index contributed by atoms with van der Waals surface area (Å²) in [6, 6.07) is 7.06. The van der Waals surface area contributed by atoms with Gasteiger partial charge in [-0.05, 0) is 30.4 Å². The quantitative estimate of drug-likeness (QED) is 0.869. The van der Waals surface area contributed by atoms with Gasteiger partial charge in [-0.1, -0.05) is 39.0 Å². The van der Waals surface area contributed by atoms with Crippen LogP contribution in [0, 0.1) is 5.92 Å². The van der Waals surface area contributed by atoms with Gasteiger partial charge in [0.05, 0.1) is 5.75 Å². The van der Waals surface area contributed by atoms with Crippen LogP contribution in [0.15, 0.2) is 24.3 Å². The number of fused-ring (bicyclic) bond motifs is 1. The second kappa shape index (κ2) is 6.79. The van der Waals surface area contributed by atoms with Crippen molar-refractivity contribution in [2.75, 3.05) is 17.2 Å². The van der Waals surface area contributed by atoms with Crippen molar-refractivity contribution in [1.29, 1.82) is 0 Å². The first-order chi connectivity index (χ1) is 10.4. The lowest BCUT2D eigenvalue weighted by Gasteiger charge is -2.27. The van der Waals surface area contributed by atoms with Crippen molar-refractivity contribution in [3.05, 3.63) is 29.8 Å². The van der Waals surface area contributed by atoms with Crippen LogP contribution in [0.25, 0.3) is 0 Å². The maximum absolute atomic E-state index is 12.8. The van der Waals surface area contributed by atoms with Gasteiger partial charge in [0.1, 0.15) is 6.04 Å². The Morgan fingerprint density at radius 1 is 1.32 bits per heavy atom. The zero-order valence-electron chi connectivity index (χ0n) is 13.4. The van der Waals surface area contributed by atoms with Gasteiger partial charge in [-0.2, -0.15) is 0 Å². The number of benzene rings is 1. The standard InChI is InChI=1S/C16H24N2O3S/c1-4-11-22(20,21)17-15(12(2)3)16(19)18-10-9-13-7-5-6-8-14(13)18/h5-8,12,15,17H,4,9-11H2,1-3H3/t15-/m0/s1. The Balaban J connectivity index is 2.22. The summed E-state index contributed by atoms with van der Waals surface area (Å²) < 4.78 is 26.6. The fourth-order valence-corrected chi connectivity index (χ4v) is 4.14. The molecule has 1 aliphatic heterocycles. The summed E-state index contributed by atoms with van der Waals surface area (Å²) >= 11 is 0. The number of nitrogens with one attached hydrogen (secondary N) is 1. The molecule has 0 radical (unpaired) electrons. The van der Waals surface area contributed by atoms with Crippen LogP contribution >= 0.6 is 0 Å². The van der Waals surface area contributed by atoms with Gasteiger partial charge in [-0.3, -0.25) is 4.79 Å². The molecule has 0 saturated heterocycles. The second-order valence-corrected chi connectivity index (χ2v) is 7.90. The first-order valence-electron chi connectivity index (χ1n) is 7.75. The van der Waals surface area contributed by atoms with E-state index in [1.165, 1.54) is 0 Å². The van der Waals surface area contributed by atoms with Gasteiger partial charge >= 0.3 is 0 Å². The summed E-state index contributed by atoms with van der Waals surface area (Å²) in [4.78, 5) is 14.5. The molecule has 0 aliphatic carbocycles. The van der Waals surface area contributed by atoms with Gasteiger partial charge in [-0.25, -0.2) is 13.1 Å². The zero-order chi connectivity index (χ0) is 16.3. The van der Waals surface area contributed by atoms with Crippen LogP contribution in [0.2, 0.25) is 0 Å². The smallest absolute Gasteiger partial charge is 0.245 e. The molecule has 0 aromatic heterocycles. The first-order valence-corrected chi connectivity index (χ1v) is 9.40. The number of hydrogen-bond acceptors (Lipinski definition) is 3. The van der Waals surface area contributed by atoms with E-state index in [0.717, 1.165) is 17.7 Å². The number of amides is 1. The maximum atomic E-state index is 12.8. The number of para-hydroxylation sites is 1. The molecule has 0 fully saturated rings. The van der Waals surface area contributed by atoms with E-state index in [0.29, 0.717) is 13.0 Å². The van der Waals surface area contributed by atoms with E-state index in [1.807, 2.05) is 45.0 Å². The van der Waals surface area contributed by atoms with Crippen LogP contribution in [-0.2, 0) is 21.2 Å². The average Bonchev–Trinajstić information content (AvgIpc) is 2.87. The van der Waals surface area contributed by atoms with Crippen molar-refractivity contribution in [1.82, 2.24) is 4.72 Å². The molecule has 1 heterocycles. The SMILES string of the molecule is CCCS(=O)(=O)N[C@H](C(=O)N1CCc2ccccc21)C(C)C. The molecule has 6 heteroatoms. The number of rotatable bonds is 6. The Morgan fingerprint density at radius 3 is 2.64 bits per heavy atom. The molecule has 22 heavy (non-hydrogen) atoms. The predicted molar refractivity (Wildman–Crippen MR) is 88.3 cm³/mol. The van der Waals surface area contributed by atoms with Crippen LogP contribution in [0.4, 0.5) is 5.69 Å². The Kier molecular flexibility index (Phi) is 5.24. The molecule has 1 atom stereocenters. The topological polar surface area (TPSA) is 66.5 Å². The van der Waals surface area contributed by atoms with Gasteiger partial charge in [0.2, 0.25) is 15.9 Å². The third kappa shape index (κ3) is 3.67. The van der Waals surface area contributed by atoms with Gasteiger partial charge < -0.3 is 4.90 Å². The van der Waals surface area contributed by atoms with Crippen LogP contribution in [-0.4, -0.2) is 32.7 Å². The summed E-state index contributed by atoms with van der Waals surface area (Å²) in [5.74, 6) is -0.230. The Labute approximate surface area is 132 Å².